The molecule has 1 atom stereocenters. The molecule has 0 fully saturated rings. The fourth-order valence-corrected chi connectivity index (χ4v) is 0.991. The molecule has 7 heteroatoms. The van der Waals surface area contributed by atoms with E-state index in [2.05, 4.69) is 15.7 Å². The van der Waals surface area contributed by atoms with Gasteiger partial charge in [0.1, 0.15) is 0 Å². The first-order chi connectivity index (χ1) is 6.74. The van der Waals surface area contributed by atoms with Gasteiger partial charge in [0.15, 0.2) is 0 Å². The molecule has 0 aromatic heterocycles. The summed E-state index contributed by atoms with van der Waals surface area (Å²) in [6.45, 7) is 5.05. The molecule has 0 aliphatic carbocycles. The van der Waals surface area contributed by atoms with Crippen LogP contribution >= 0.6 is 0 Å². The number of alkyl halides is 3. The maximum Gasteiger partial charge on any atom is 0.391 e. The molecule has 0 rings (SSSR count). The zero-order chi connectivity index (χ0) is 12.1. The first kappa shape index (κ1) is 14.0. The highest BCUT2D eigenvalue weighted by atomic mass is 19.4. The van der Waals surface area contributed by atoms with Gasteiger partial charge in [0.25, 0.3) is 0 Å². The van der Waals surface area contributed by atoms with Gasteiger partial charge in [-0.05, 0) is 20.8 Å². The highest BCUT2D eigenvalue weighted by Gasteiger charge is 2.30. The van der Waals surface area contributed by atoms with Crippen molar-refractivity contribution in [3.8, 4) is 0 Å². The molecule has 4 N–H and O–H groups in total. The molecule has 0 spiro atoms. The molecule has 0 aromatic rings. The Morgan fingerprint density at radius 2 is 1.87 bits per heavy atom. The van der Waals surface area contributed by atoms with Crippen LogP contribution in [0.15, 0.2) is 4.99 Å². The second kappa shape index (κ2) is 5.79. The minimum absolute atomic E-state index is 0.0536. The number of hydrazine groups is 1. The van der Waals surface area contributed by atoms with Gasteiger partial charge in [-0.3, -0.25) is 5.43 Å². The van der Waals surface area contributed by atoms with Crippen molar-refractivity contribution in [3.05, 3.63) is 0 Å². The smallest absolute Gasteiger partial charge is 0.353 e. The number of halogens is 3. The van der Waals surface area contributed by atoms with Crippen molar-refractivity contribution in [3.63, 3.8) is 0 Å². The Bertz CT molecular complexity index is 212. The highest BCUT2D eigenvalue weighted by Crippen LogP contribution is 2.22. The van der Waals surface area contributed by atoms with E-state index in [0.717, 1.165) is 0 Å². The van der Waals surface area contributed by atoms with Gasteiger partial charge in [0.2, 0.25) is 5.96 Å². The van der Waals surface area contributed by atoms with Gasteiger partial charge in [0.05, 0.1) is 12.5 Å². The van der Waals surface area contributed by atoms with E-state index in [4.69, 9.17) is 5.84 Å². The average molecular weight is 226 g/mol. The third-order valence-electron chi connectivity index (χ3n) is 1.44. The fourth-order valence-electron chi connectivity index (χ4n) is 0.991. The quantitative estimate of drug-likeness (QED) is 0.293. The van der Waals surface area contributed by atoms with Crippen LogP contribution < -0.4 is 16.6 Å². The summed E-state index contributed by atoms with van der Waals surface area (Å²) in [5, 5.41) is 2.79. The van der Waals surface area contributed by atoms with Crippen LogP contribution in [-0.4, -0.2) is 24.2 Å². The molecule has 0 saturated carbocycles. The van der Waals surface area contributed by atoms with Crippen LogP contribution in [0.3, 0.4) is 0 Å². The van der Waals surface area contributed by atoms with E-state index in [9.17, 15) is 13.2 Å². The van der Waals surface area contributed by atoms with Gasteiger partial charge < -0.3 is 5.32 Å². The Labute approximate surface area is 87.1 Å². The van der Waals surface area contributed by atoms with E-state index in [1.807, 2.05) is 13.8 Å². The Balaban J connectivity index is 4.29. The largest absolute Gasteiger partial charge is 0.391 e. The van der Waals surface area contributed by atoms with Crippen molar-refractivity contribution in [1.29, 1.82) is 0 Å². The SMILES string of the molecule is CC(CC(F)(F)F)N=C(NN)NC(C)C. The molecule has 0 aliphatic rings. The number of hydrogen-bond acceptors (Lipinski definition) is 2. The van der Waals surface area contributed by atoms with Gasteiger partial charge in [-0.25, -0.2) is 10.8 Å². The first-order valence-electron chi connectivity index (χ1n) is 4.62. The number of aliphatic imine (C=N–C) groups is 1. The highest BCUT2D eigenvalue weighted by molar-refractivity contribution is 5.79. The van der Waals surface area contributed by atoms with Gasteiger partial charge in [-0.2, -0.15) is 13.2 Å². The molecule has 0 saturated heterocycles. The van der Waals surface area contributed by atoms with Crippen LogP contribution in [0.5, 0.6) is 0 Å². The Kier molecular flexibility index (Phi) is 5.41. The van der Waals surface area contributed by atoms with E-state index in [-0.39, 0.29) is 12.0 Å². The van der Waals surface area contributed by atoms with Crippen molar-refractivity contribution < 1.29 is 13.2 Å². The lowest BCUT2D eigenvalue weighted by Crippen LogP contribution is -2.45. The summed E-state index contributed by atoms with van der Waals surface area (Å²) in [4.78, 5) is 3.77. The van der Waals surface area contributed by atoms with Gasteiger partial charge in [0, 0.05) is 6.04 Å². The normalized spacial score (nSPS) is 15.3. The number of nitrogens with one attached hydrogen (secondary N) is 2. The van der Waals surface area contributed by atoms with Crippen molar-refractivity contribution >= 4 is 5.96 Å². The van der Waals surface area contributed by atoms with Crippen molar-refractivity contribution in [2.75, 3.05) is 0 Å². The van der Waals surface area contributed by atoms with E-state index < -0.39 is 18.6 Å². The van der Waals surface area contributed by atoms with E-state index in [1.165, 1.54) is 6.92 Å². The van der Waals surface area contributed by atoms with Crippen molar-refractivity contribution in [1.82, 2.24) is 10.7 Å². The second-order valence-corrected chi connectivity index (χ2v) is 3.59. The zero-order valence-corrected chi connectivity index (χ0v) is 9.02. The summed E-state index contributed by atoms with van der Waals surface area (Å²) in [6, 6.07) is -0.805. The summed E-state index contributed by atoms with van der Waals surface area (Å²) in [5.41, 5.74) is 2.22. The summed E-state index contributed by atoms with van der Waals surface area (Å²) in [6.07, 6.45) is -5.17. The lowest BCUT2D eigenvalue weighted by atomic mass is 10.2. The Morgan fingerprint density at radius 3 is 2.20 bits per heavy atom. The van der Waals surface area contributed by atoms with Gasteiger partial charge in [-0.15, -0.1) is 0 Å². The standard InChI is InChI=1S/C8H17F3N4/c1-5(2)13-7(15-12)14-6(3)4-8(9,10)11/h5-6H,4,12H2,1-3H3,(H2,13,14,15). The van der Waals surface area contributed by atoms with Gasteiger partial charge in [-0.1, -0.05) is 0 Å². The summed E-state index contributed by atoms with van der Waals surface area (Å²) in [5.74, 6) is 5.28. The van der Waals surface area contributed by atoms with Crippen molar-refractivity contribution in [2.24, 2.45) is 10.8 Å². The molecule has 15 heavy (non-hydrogen) atoms. The molecule has 4 nitrogen and oxygen atoms in total. The maximum atomic E-state index is 12.0. The number of guanidine groups is 1. The molecular formula is C8H17F3N4. The average Bonchev–Trinajstić information content (AvgIpc) is 1.98. The second-order valence-electron chi connectivity index (χ2n) is 3.59. The molecule has 0 bridgehead atoms. The summed E-state index contributed by atoms with van der Waals surface area (Å²) in [7, 11) is 0. The van der Waals surface area contributed by atoms with Gasteiger partial charge >= 0.3 is 6.18 Å². The predicted octanol–water partition coefficient (Wildman–Crippen LogP) is 1.14. The molecule has 0 amide bonds. The third-order valence-corrected chi connectivity index (χ3v) is 1.44. The zero-order valence-electron chi connectivity index (χ0n) is 9.02. The van der Waals surface area contributed by atoms with Crippen molar-refractivity contribution in [2.45, 2.75) is 45.5 Å². The fraction of sp³-hybridized carbons (Fsp3) is 0.875. The molecule has 1 unspecified atom stereocenters. The molecule has 0 heterocycles. The minimum atomic E-state index is -4.21. The van der Waals surface area contributed by atoms with E-state index in [0.29, 0.717) is 0 Å². The van der Waals surface area contributed by atoms with Crippen LogP contribution in [0.25, 0.3) is 0 Å². The summed E-state index contributed by atoms with van der Waals surface area (Å²) < 4.78 is 35.9. The Morgan fingerprint density at radius 1 is 1.33 bits per heavy atom. The first-order valence-corrected chi connectivity index (χ1v) is 4.62. The maximum absolute atomic E-state index is 12.0. The minimum Gasteiger partial charge on any atom is -0.353 e. The van der Waals surface area contributed by atoms with Crippen LogP contribution in [-0.2, 0) is 0 Å². The topological polar surface area (TPSA) is 62.4 Å². The van der Waals surface area contributed by atoms with Crippen LogP contribution in [0.2, 0.25) is 0 Å². The Hall–Kier alpha value is -0.980. The predicted molar refractivity (Wildman–Crippen MR) is 53.2 cm³/mol. The number of hydrogen-bond donors (Lipinski definition) is 3. The lowest BCUT2D eigenvalue weighted by molar-refractivity contribution is -0.137. The number of rotatable bonds is 3. The van der Waals surface area contributed by atoms with Crippen LogP contribution in [0.1, 0.15) is 27.2 Å². The molecule has 0 radical (unpaired) electrons. The van der Waals surface area contributed by atoms with E-state index >= 15 is 0 Å². The molecule has 90 valence electrons. The number of nitrogens with two attached hydrogens (primary N) is 1. The van der Waals surface area contributed by atoms with Crippen LogP contribution in [0, 0.1) is 0 Å². The summed E-state index contributed by atoms with van der Waals surface area (Å²) >= 11 is 0. The van der Waals surface area contributed by atoms with E-state index in [1.54, 1.807) is 0 Å². The molecule has 0 aromatic carbocycles. The molecular weight excluding hydrogens is 209 g/mol. The van der Waals surface area contributed by atoms with Crippen LogP contribution in [0.4, 0.5) is 13.2 Å². The third kappa shape index (κ3) is 8.04. The lowest BCUT2D eigenvalue weighted by Gasteiger charge is -2.15. The monoisotopic (exact) mass is 226 g/mol. The molecule has 0 aliphatic heterocycles. The number of nitrogens with zero attached hydrogens (tertiary/aromatic N) is 1.